The molecule has 1 fully saturated rings. The van der Waals surface area contributed by atoms with Gasteiger partial charge in [-0.2, -0.15) is 0 Å². The zero-order chi connectivity index (χ0) is 18.5. The van der Waals surface area contributed by atoms with E-state index in [4.69, 9.17) is 11.6 Å². The predicted octanol–water partition coefficient (Wildman–Crippen LogP) is 3.82. The molecule has 0 bridgehead atoms. The smallest absolute Gasteiger partial charge is 0.253 e. The first-order valence-corrected chi connectivity index (χ1v) is 9.29. The number of amides is 2. The molecule has 1 N–H and O–H groups in total. The molecule has 2 aromatic carbocycles. The average Bonchev–Trinajstić information content (AvgIpc) is 2.67. The Morgan fingerprint density at radius 2 is 1.73 bits per heavy atom. The van der Waals surface area contributed by atoms with E-state index in [1.165, 1.54) is 5.56 Å². The van der Waals surface area contributed by atoms with Crippen molar-refractivity contribution in [2.45, 2.75) is 26.3 Å². The van der Waals surface area contributed by atoms with Gasteiger partial charge in [0.1, 0.15) is 0 Å². The van der Waals surface area contributed by atoms with Crippen molar-refractivity contribution in [2.24, 2.45) is 5.92 Å². The van der Waals surface area contributed by atoms with E-state index < -0.39 is 0 Å². The van der Waals surface area contributed by atoms with Crippen LogP contribution < -0.4 is 5.32 Å². The van der Waals surface area contributed by atoms with Gasteiger partial charge in [0.05, 0.1) is 0 Å². The number of piperidine rings is 1. The van der Waals surface area contributed by atoms with E-state index in [9.17, 15) is 9.59 Å². The number of likely N-dealkylation sites (tertiary alicyclic amines) is 1. The van der Waals surface area contributed by atoms with Crippen molar-refractivity contribution in [3.8, 4) is 0 Å². The third-order valence-electron chi connectivity index (χ3n) is 4.96. The van der Waals surface area contributed by atoms with Gasteiger partial charge < -0.3 is 10.2 Å². The van der Waals surface area contributed by atoms with Crippen molar-refractivity contribution in [2.75, 3.05) is 13.1 Å². The quantitative estimate of drug-likeness (QED) is 0.889. The highest BCUT2D eigenvalue weighted by molar-refractivity contribution is 6.30. The Bertz CT molecular complexity index is 781. The lowest BCUT2D eigenvalue weighted by atomic mass is 9.95. The number of benzene rings is 2. The van der Waals surface area contributed by atoms with Gasteiger partial charge in [0.15, 0.2) is 0 Å². The molecule has 136 valence electrons. The summed E-state index contributed by atoms with van der Waals surface area (Å²) in [5.41, 5.74) is 2.95. The lowest BCUT2D eigenvalue weighted by Gasteiger charge is -2.31. The second-order valence-corrected chi connectivity index (χ2v) is 7.15. The molecule has 0 saturated carbocycles. The Kier molecular flexibility index (Phi) is 5.94. The van der Waals surface area contributed by atoms with Gasteiger partial charge >= 0.3 is 0 Å². The maximum Gasteiger partial charge on any atom is 0.253 e. The lowest BCUT2D eigenvalue weighted by molar-refractivity contribution is -0.126. The predicted molar refractivity (Wildman–Crippen MR) is 103 cm³/mol. The molecule has 5 heteroatoms. The second-order valence-electron chi connectivity index (χ2n) is 6.72. The summed E-state index contributed by atoms with van der Waals surface area (Å²) >= 11 is 5.87. The molecule has 0 atom stereocenters. The van der Waals surface area contributed by atoms with Crippen molar-refractivity contribution < 1.29 is 9.59 Å². The van der Waals surface area contributed by atoms with Crippen molar-refractivity contribution >= 4 is 23.4 Å². The average molecular weight is 371 g/mol. The van der Waals surface area contributed by atoms with Crippen LogP contribution in [0.5, 0.6) is 0 Å². The summed E-state index contributed by atoms with van der Waals surface area (Å²) in [4.78, 5) is 26.8. The van der Waals surface area contributed by atoms with Crippen LogP contribution in [-0.4, -0.2) is 29.8 Å². The Morgan fingerprint density at radius 3 is 2.38 bits per heavy atom. The van der Waals surface area contributed by atoms with Crippen LogP contribution >= 0.6 is 11.6 Å². The van der Waals surface area contributed by atoms with Gasteiger partial charge in [-0.15, -0.1) is 0 Å². The van der Waals surface area contributed by atoms with Crippen molar-refractivity contribution in [3.63, 3.8) is 0 Å². The van der Waals surface area contributed by atoms with Gasteiger partial charge in [0, 0.05) is 36.1 Å². The molecular weight excluding hydrogens is 348 g/mol. The van der Waals surface area contributed by atoms with Crippen LogP contribution in [0.2, 0.25) is 5.02 Å². The number of aryl methyl sites for hydroxylation is 1. The summed E-state index contributed by atoms with van der Waals surface area (Å²) in [6.07, 6.45) is 1.39. The number of carbonyl (C=O) groups excluding carboxylic acids is 2. The van der Waals surface area contributed by atoms with Crippen molar-refractivity contribution in [1.29, 1.82) is 0 Å². The normalized spacial score (nSPS) is 14.9. The topological polar surface area (TPSA) is 49.4 Å². The zero-order valence-electron chi connectivity index (χ0n) is 14.9. The molecule has 0 aromatic heterocycles. The maximum absolute atomic E-state index is 12.5. The minimum Gasteiger partial charge on any atom is -0.352 e. The first-order chi connectivity index (χ1) is 12.5. The summed E-state index contributed by atoms with van der Waals surface area (Å²) in [7, 11) is 0. The first-order valence-electron chi connectivity index (χ1n) is 8.91. The van der Waals surface area contributed by atoms with Crippen LogP contribution in [0.3, 0.4) is 0 Å². The molecule has 0 spiro atoms. The maximum atomic E-state index is 12.5. The third kappa shape index (κ3) is 4.44. The zero-order valence-corrected chi connectivity index (χ0v) is 15.6. The van der Waals surface area contributed by atoms with E-state index in [-0.39, 0.29) is 17.7 Å². The molecule has 3 rings (SSSR count). The number of nitrogens with zero attached hydrogens (tertiary/aromatic N) is 1. The molecular formula is C21H23ClN2O2. The largest absolute Gasteiger partial charge is 0.352 e. The number of nitrogens with one attached hydrogen (secondary N) is 1. The van der Waals surface area contributed by atoms with Gasteiger partial charge in [-0.25, -0.2) is 0 Å². The third-order valence-corrected chi connectivity index (χ3v) is 5.21. The summed E-state index contributed by atoms with van der Waals surface area (Å²) < 4.78 is 0. The fourth-order valence-electron chi connectivity index (χ4n) is 3.25. The number of rotatable bonds is 4. The molecule has 2 amide bonds. The van der Waals surface area contributed by atoms with Crippen LogP contribution in [0.4, 0.5) is 0 Å². The second kappa shape index (κ2) is 8.37. The van der Waals surface area contributed by atoms with E-state index >= 15 is 0 Å². The standard InChI is InChI=1S/C21H23ClN2O2/c1-15-4-2-3-5-18(15)14-23-20(25)16-10-12-24(13-11-16)21(26)17-6-8-19(22)9-7-17/h2-9,16H,10-14H2,1H3,(H,23,25). The Morgan fingerprint density at radius 1 is 1.08 bits per heavy atom. The summed E-state index contributed by atoms with van der Waals surface area (Å²) in [5, 5.41) is 3.65. The van der Waals surface area contributed by atoms with Crippen molar-refractivity contribution in [3.05, 3.63) is 70.2 Å². The highest BCUT2D eigenvalue weighted by Gasteiger charge is 2.27. The fourth-order valence-corrected chi connectivity index (χ4v) is 3.38. The van der Waals surface area contributed by atoms with Crippen LogP contribution in [0.25, 0.3) is 0 Å². The van der Waals surface area contributed by atoms with Gasteiger partial charge in [0.2, 0.25) is 5.91 Å². The van der Waals surface area contributed by atoms with Crippen molar-refractivity contribution in [1.82, 2.24) is 10.2 Å². The molecule has 1 saturated heterocycles. The SMILES string of the molecule is Cc1ccccc1CNC(=O)C1CCN(C(=O)c2ccc(Cl)cc2)CC1. The molecule has 2 aromatic rings. The van der Waals surface area contributed by atoms with E-state index in [1.807, 2.05) is 36.1 Å². The molecule has 0 radical (unpaired) electrons. The van der Waals surface area contributed by atoms with E-state index in [0.717, 1.165) is 5.56 Å². The molecule has 0 unspecified atom stereocenters. The van der Waals surface area contributed by atoms with Gasteiger partial charge in [0.25, 0.3) is 5.91 Å². The number of hydrogen-bond acceptors (Lipinski definition) is 2. The van der Waals surface area contributed by atoms with E-state index in [2.05, 4.69) is 5.32 Å². The van der Waals surface area contributed by atoms with E-state index in [0.29, 0.717) is 43.1 Å². The van der Waals surface area contributed by atoms with E-state index in [1.54, 1.807) is 24.3 Å². The Hall–Kier alpha value is -2.33. The monoisotopic (exact) mass is 370 g/mol. The van der Waals surface area contributed by atoms with Gasteiger partial charge in [-0.05, 0) is 55.2 Å². The minimum atomic E-state index is -0.0340. The Balaban J connectivity index is 1.50. The minimum absolute atomic E-state index is 0.000403. The van der Waals surface area contributed by atoms with Crippen LogP contribution in [-0.2, 0) is 11.3 Å². The molecule has 1 aliphatic heterocycles. The number of carbonyl (C=O) groups is 2. The number of halogens is 1. The summed E-state index contributed by atoms with van der Waals surface area (Å²) in [5.74, 6) is 0.0422. The first kappa shape index (κ1) is 18.5. The summed E-state index contributed by atoms with van der Waals surface area (Å²) in [6, 6.07) is 15.0. The molecule has 1 aliphatic rings. The fraction of sp³-hybridized carbons (Fsp3) is 0.333. The van der Waals surface area contributed by atoms with Crippen LogP contribution in [0, 0.1) is 12.8 Å². The molecule has 1 heterocycles. The highest BCUT2D eigenvalue weighted by atomic mass is 35.5. The molecule has 26 heavy (non-hydrogen) atoms. The molecule has 0 aliphatic carbocycles. The van der Waals surface area contributed by atoms with Gasteiger partial charge in [-0.3, -0.25) is 9.59 Å². The lowest BCUT2D eigenvalue weighted by Crippen LogP contribution is -2.42. The summed E-state index contributed by atoms with van der Waals surface area (Å²) in [6.45, 7) is 3.80. The Labute approximate surface area is 159 Å². The van der Waals surface area contributed by atoms with Crippen LogP contribution in [0.15, 0.2) is 48.5 Å². The van der Waals surface area contributed by atoms with Gasteiger partial charge in [-0.1, -0.05) is 35.9 Å². The molecule has 4 nitrogen and oxygen atoms in total. The number of hydrogen-bond donors (Lipinski definition) is 1. The highest BCUT2D eigenvalue weighted by Crippen LogP contribution is 2.20. The van der Waals surface area contributed by atoms with Crippen LogP contribution in [0.1, 0.15) is 34.3 Å².